The number of carbonyl (C=O) groups excluding carboxylic acids is 2. The van der Waals surface area contributed by atoms with E-state index in [0.717, 1.165) is 10.0 Å². The van der Waals surface area contributed by atoms with Crippen molar-refractivity contribution in [1.82, 2.24) is 15.0 Å². The van der Waals surface area contributed by atoms with Gasteiger partial charge in [-0.1, -0.05) is 33.2 Å². The fourth-order valence-corrected chi connectivity index (χ4v) is 4.83. The first-order chi connectivity index (χ1) is 18.5. The van der Waals surface area contributed by atoms with Crippen LogP contribution < -0.4 is 4.74 Å². The lowest BCUT2D eigenvalue weighted by atomic mass is 9.72. The summed E-state index contributed by atoms with van der Waals surface area (Å²) in [5, 5.41) is 4.33. The second-order valence-electron chi connectivity index (χ2n) is 10.2. The van der Waals surface area contributed by atoms with Gasteiger partial charge in [-0.3, -0.25) is 0 Å². The molecule has 0 atom stereocenters. The maximum Gasteiger partial charge on any atom is 0.410 e. The highest BCUT2D eigenvalue weighted by molar-refractivity contribution is 9.10. The van der Waals surface area contributed by atoms with Gasteiger partial charge in [0.05, 0.1) is 17.6 Å². The normalized spacial score (nSPS) is 15.1. The number of carbonyl (C=O) groups is 2. The van der Waals surface area contributed by atoms with E-state index in [1.165, 1.54) is 12.1 Å². The number of rotatable bonds is 7. The van der Waals surface area contributed by atoms with Crippen LogP contribution in [0.15, 0.2) is 51.5 Å². The number of esters is 1. The average molecular weight is 604 g/mol. The number of hydrogen-bond acceptors (Lipinski definition) is 8. The molecule has 0 N–H and O–H groups in total. The largest absolute Gasteiger partial charge is 0.481 e. The molecule has 4 rings (SSSR count). The van der Waals surface area contributed by atoms with Crippen LogP contribution in [0.5, 0.6) is 5.75 Å². The first-order valence-electron chi connectivity index (χ1n) is 12.7. The molecule has 0 unspecified atom stereocenters. The lowest BCUT2D eigenvalue weighted by Crippen LogP contribution is -2.47. The Morgan fingerprint density at radius 1 is 1.13 bits per heavy atom. The Morgan fingerprint density at radius 3 is 2.46 bits per heavy atom. The fraction of sp³-hybridized carbons (Fsp3) is 0.429. The first-order valence-corrected chi connectivity index (χ1v) is 13.5. The maximum atomic E-state index is 13.8. The molecular weight excluding hydrogens is 573 g/mol. The van der Waals surface area contributed by atoms with Crippen LogP contribution >= 0.6 is 15.9 Å². The van der Waals surface area contributed by atoms with Gasteiger partial charge < -0.3 is 23.6 Å². The van der Waals surface area contributed by atoms with Gasteiger partial charge in [-0.15, -0.1) is 0 Å². The molecule has 1 saturated heterocycles. The van der Waals surface area contributed by atoms with Crippen LogP contribution in [0.25, 0.3) is 11.5 Å². The smallest absolute Gasteiger partial charge is 0.410 e. The van der Waals surface area contributed by atoms with E-state index in [4.69, 9.17) is 23.7 Å². The summed E-state index contributed by atoms with van der Waals surface area (Å²) in [6, 6.07) is 11.4. The zero-order valence-corrected chi connectivity index (χ0v) is 23.9. The number of nitrogens with zero attached hydrogens (tertiary/aromatic N) is 3. The van der Waals surface area contributed by atoms with Crippen molar-refractivity contribution in [3.05, 3.63) is 64.1 Å². The summed E-state index contributed by atoms with van der Waals surface area (Å²) in [7, 11) is 0. The third kappa shape index (κ3) is 6.76. The zero-order valence-electron chi connectivity index (χ0n) is 22.3. The predicted molar refractivity (Wildman–Crippen MR) is 144 cm³/mol. The quantitative estimate of drug-likeness (QED) is 0.308. The van der Waals surface area contributed by atoms with Crippen LogP contribution in [0.1, 0.15) is 51.9 Å². The van der Waals surface area contributed by atoms with Gasteiger partial charge in [-0.25, -0.2) is 14.0 Å². The molecule has 0 bridgehead atoms. The van der Waals surface area contributed by atoms with E-state index in [0.29, 0.717) is 43.1 Å². The Balaban J connectivity index is 1.65. The highest BCUT2D eigenvalue weighted by Gasteiger charge is 2.43. The molecule has 208 valence electrons. The molecule has 1 aliphatic rings. The summed E-state index contributed by atoms with van der Waals surface area (Å²) in [4.78, 5) is 31.0. The minimum Gasteiger partial charge on any atom is -0.481 e. The van der Waals surface area contributed by atoms with Crippen LogP contribution in [0.2, 0.25) is 0 Å². The van der Waals surface area contributed by atoms with E-state index in [9.17, 15) is 14.0 Å². The van der Waals surface area contributed by atoms with Gasteiger partial charge in [0.15, 0.2) is 12.4 Å². The Hall–Kier alpha value is -3.47. The van der Waals surface area contributed by atoms with Crippen molar-refractivity contribution < 1.29 is 32.7 Å². The van der Waals surface area contributed by atoms with Crippen molar-refractivity contribution in [2.24, 2.45) is 0 Å². The second-order valence-corrected chi connectivity index (χ2v) is 11.1. The zero-order chi connectivity index (χ0) is 28.2. The third-order valence-corrected chi connectivity index (χ3v) is 6.84. The SMILES string of the molecule is CCOC(=O)COc1ccc(Br)cc1-c1nc(C2(c3ccc(F)cc3)CCN(C(=O)OC(C)(C)C)CC2)no1. The molecule has 0 radical (unpaired) electrons. The van der Waals surface area contributed by atoms with E-state index < -0.39 is 17.0 Å². The van der Waals surface area contributed by atoms with Gasteiger partial charge in [0.1, 0.15) is 17.2 Å². The predicted octanol–water partition coefficient (Wildman–Crippen LogP) is 5.90. The summed E-state index contributed by atoms with van der Waals surface area (Å²) in [5.41, 5.74) is -0.0327. The van der Waals surface area contributed by atoms with E-state index in [1.807, 2.05) is 20.8 Å². The minimum atomic E-state index is -0.730. The van der Waals surface area contributed by atoms with Crippen LogP contribution in [-0.2, 0) is 19.7 Å². The summed E-state index contributed by atoms with van der Waals surface area (Å²) in [6.45, 7) is 7.95. The van der Waals surface area contributed by atoms with Gasteiger partial charge in [0.25, 0.3) is 5.89 Å². The standard InChI is InChI=1S/C28H31BrFN3O6/c1-5-36-23(34)17-37-22-11-8-19(29)16-21(22)24-31-25(32-39-24)28(18-6-9-20(30)10-7-18)12-14-33(15-13-28)26(35)38-27(2,3)4/h6-11,16H,5,12-15,17H2,1-4H3. The van der Waals surface area contributed by atoms with Gasteiger partial charge in [0.2, 0.25) is 0 Å². The molecule has 0 spiro atoms. The molecule has 2 aromatic carbocycles. The molecule has 0 aliphatic carbocycles. The fourth-order valence-electron chi connectivity index (χ4n) is 4.47. The molecule has 0 saturated carbocycles. The summed E-state index contributed by atoms with van der Waals surface area (Å²) in [6.07, 6.45) is 0.560. The third-order valence-electron chi connectivity index (χ3n) is 6.34. The lowest BCUT2D eigenvalue weighted by molar-refractivity contribution is -0.145. The Kier molecular flexibility index (Phi) is 8.58. The number of likely N-dealkylation sites (tertiary alicyclic amines) is 1. The monoisotopic (exact) mass is 603 g/mol. The molecule has 1 aliphatic heterocycles. The van der Waals surface area contributed by atoms with Crippen molar-refractivity contribution in [2.45, 2.75) is 51.6 Å². The number of aromatic nitrogens is 2. The number of benzene rings is 2. The van der Waals surface area contributed by atoms with Crippen molar-refractivity contribution in [1.29, 1.82) is 0 Å². The van der Waals surface area contributed by atoms with Crippen LogP contribution in [0, 0.1) is 5.82 Å². The second kappa shape index (κ2) is 11.7. The van der Waals surface area contributed by atoms with Crippen molar-refractivity contribution in [2.75, 3.05) is 26.3 Å². The van der Waals surface area contributed by atoms with Gasteiger partial charge >= 0.3 is 12.1 Å². The van der Waals surface area contributed by atoms with Crippen LogP contribution in [0.3, 0.4) is 0 Å². The summed E-state index contributed by atoms with van der Waals surface area (Å²) >= 11 is 3.45. The highest BCUT2D eigenvalue weighted by atomic mass is 79.9. The number of piperidine rings is 1. The van der Waals surface area contributed by atoms with Crippen molar-refractivity contribution in [3.63, 3.8) is 0 Å². The molecule has 1 amide bonds. The van der Waals surface area contributed by atoms with E-state index in [-0.39, 0.29) is 31.0 Å². The molecule has 39 heavy (non-hydrogen) atoms. The molecule has 3 aromatic rings. The molecular formula is C28H31BrFN3O6. The summed E-state index contributed by atoms with van der Waals surface area (Å²) < 4.78 is 36.5. The van der Waals surface area contributed by atoms with Crippen molar-refractivity contribution in [3.8, 4) is 17.2 Å². The minimum absolute atomic E-state index is 0.196. The van der Waals surface area contributed by atoms with Gasteiger partial charge in [0, 0.05) is 17.6 Å². The topological polar surface area (TPSA) is 104 Å². The van der Waals surface area contributed by atoms with E-state index >= 15 is 0 Å². The van der Waals surface area contributed by atoms with Gasteiger partial charge in [-0.05, 0) is 76.4 Å². The average Bonchev–Trinajstić information content (AvgIpc) is 3.38. The van der Waals surface area contributed by atoms with E-state index in [2.05, 4.69) is 21.1 Å². The molecule has 1 fully saturated rings. The lowest BCUT2D eigenvalue weighted by Gasteiger charge is -2.40. The van der Waals surface area contributed by atoms with Gasteiger partial charge in [-0.2, -0.15) is 4.98 Å². The molecule has 9 nitrogen and oxygen atoms in total. The molecule has 1 aromatic heterocycles. The first kappa shape index (κ1) is 28.5. The highest BCUT2D eigenvalue weighted by Crippen LogP contribution is 2.42. The number of hydrogen-bond donors (Lipinski definition) is 0. The van der Waals surface area contributed by atoms with Crippen molar-refractivity contribution >= 4 is 28.0 Å². The number of ether oxygens (including phenoxy) is 3. The van der Waals surface area contributed by atoms with E-state index in [1.54, 1.807) is 42.2 Å². The Bertz CT molecular complexity index is 1310. The van der Waals surface area contributed by atoms with Crippen LogP contribution in [0.4, 0.5) is 9.18 Å². The maximum absolute atomic E-state index is 13.8. The van der Waals surface area contributed by atoms with Crippen LogP contribution in [-0.4, -0.2) is 59.0 Å². The Labute approximate surface area is 234 Å². The Morgan fingerprint density at radius 2 is 1.82 bits per heavy atom. The summed E-state index contributed by atoms with van der Waals surface area (Å²) in [5.74, 6) is 0.124. The number of amides is 1. The molecule has 2 heterocycles. The number of halogens is 2. The molecule has 11 heteroatoms.